The fraction of sp³-hybridized carbons (Fsp3) is 0.720. The number of benzene rings is 1. The van der Waals surface area contributed by atoms with Gasteiger partial charge in [0, 0.05) is 66.6 Å². The van der Waals surface area contributed by atoms with Crippen molar-refractivity contribution in [3.05, 3.63) is 35.9 Å². The van der Waals surface area contributed by atoms with Gasteiger partial charge in [-0.1, -0.05) is 36.8 Å². The third-order valence-electron chi connectivity index (χ3n) is 7.01. The lowest BCUT2D eigenvalue weighted by Crippen LogP contribution is -2.47. The second-order valence-electron chi connectivity index (χ2n) is 9.26. The Balaban J connectivity index is 1.23. The zero-order valence-corrected chi connectivity index (χ0v) is 19.7. The summed E-state index contributed by atoms with van der Waals surface area (Å²) in [4.78, 5) is 9.60. The van der Waals surface area contributed by atoms with E-state index in [1.54, 1.807) is 7.11 Å². The summed E-state index contributed by atoms with van der Waals surface area (Å²) in [6.45, 7) is 9.85. The van der Waals surface area contributed by atoms with Gasteiger partial charge in [-0.2, -0.15) is 0 Å². The predicted octanol–water partition coefficient (Wildman–Crippen LogP) is 2.96. The molecule has 1 aliphatic carbocycles. The average molecular weight is 430 g/mol. The van der Waals surface area contributed by atoms with E-state index in [0.29, 0.717) is 5.41 Å². The highest BCUT2D eigenvalue weighted by molar-refractivity contribution is 5.79. The number of nitrogens with zero attached hydrogens (tertiary/aromatic N) is 3. The van der Waals surface area contributed by atoms with Gasteiger partial charge in [-0.15, -0.1) is 0 Å². The maximum Gasteiger partial charge on any atom is 0.190 e. The van der Waals surface area contributed by atoms with Crippen molar-refractivity contribution >= 4 is 5.96 Å². The molecule has 0 spiro atoms. The summed E-state index contributed by atoms with van der Waals surface area (Å²) < 4.78 is 5.30. The van der Waals surface area contributed by atoms with Crippen LogP contribution >= 0.6 is 0 Å². The summed E-state index contributed by atoms with van der Waals surface area (Å²) in [5, 5.41) is 7.05. The first kappa shape index (κ1) is 24.0. The number of piperazine rings is 1. The molecule has 0 radical (unpaired) electrons. The van der Waals surface area contributed by atoms with Crippen LogP contribution in [0.4, 0.5) is 0 Å². The first-order chi connectivity index (χ1) is 15.2. The first-order valence-corrected chi connectivity index (χ1v) is 12.2. The number of unbranched alkanes of at least 4 members (excludes halogenated alkanes) is 1. The molecule has 0 atom stereocenters. The highest BCUT2D eigenvalue weighted by Crippen LogP contribution is 2.43. The quantitative estimate of drug-likeness (QED) is 0.304. The van der Waals surface area contributed by atoms with Crippen molar-refractivity contribution < 1.29 is 4.74 Å². The van der Waals surface area contributed by atoms with Crippen LogP contribution in [0.25, 0.3) is 0 Å². The molecule has 1 saturated carbocycles. The molecule has 3 rings (SSSR count). The molecule has 6 heteroatoms. The summed E-state index contributed by atoms with van der Waals surface area (Å²) in [5.41, 5.74) is 1.84. The van der Waals surface area contributed by atoms with Gasteiger partial charge in [0.2, 0.25) is 0 Å². The average Bonchev–Trinajstić information content (AvgIpc) is 2.78. The van der Waals surface area contributed by atoms with Crippen LogP contribution in [0.5, 0.6) is 0 Å². The van der Waals surface area contributed by atoms with Crippen LogP contribution in [0, 0.1) is 5.41 Å². The maximum atomic E-state index is 5.30. The number of aliphatic imine (C=N–C) groups is 1. The Kier molecular flexibility index (Phi) is 10.1. The number of hydrogen-bond donors (Lipinski definition) is 2. The Hall–Kier alpha value is -1.63. The Bertz CT molecular complexity index is 639. The van der Waals surface area contributed by atoms with Gasteiger partial charge in [0.1, 0.15) is 0 Å². The van der Waals surface area contributed by atoms with Gasteiger partial charge in [0.05, 0.1) is 0 Å². The summed E-state index contributed by atoms with van der Waals surface area (Å²) in [6, 6.07) is 10.8. The molecule has 1 aromatic rings. The Morgan fingerprint density at radius 3 is 2.42 bits per heavy atom. The van der Waals surface area contributed by atoms with Gasteiger partial charge in [-0.25, -0.2) is 0 Å². The van der Waals surface area contributed by atoms with Gasteiger partial charge in [-0.05, 0) is 49.6 Å². The highest BCUT2D eigenvalue weighted by Gasteiger charge is 2.36. The molecule has 0 bridgehead atoms. The zero-order valence-electron chi connectivity index (χ0n) is 19.7. The lowest BCUT2D eigenvalue weighted by Gasteiger charge is -2.42. The van der Waals surface area contributed by atoms with Gasteiger partial charge in [0.15, 0.2) is 5.96 Å². The molecule has 1 saturated heterocycles. The molecule has 6 nitrogen and oxygen atoms in total. The van der Waals surface area contributed by atoms with E-state index in [-0.39, 0.29) is 0 Å². The molecule has 2 N–H and O–H groups in total. The molecular weight excluding hydrogens is 386 g/mol. The summed E-state index contributed by atoms with van der Waals surface area (Å²) >= 11 is 0. The van der Waals surface area contributed by atoms with Gasteiger partial charge >= 0.3 is 0 Å². The third kappa shape index (κ3) is 8.09. The van der Waals surface area contributed by atoms with Crippen LogP contribution in [0.2, 0.25) is 0 Å². The number of rotatable bonds is 12. The van der Waals surface area contributed by atoms with Crippen molar-refractivity contribution in [2.24, 2.45) is 10.4 Å². The van der Waals surface area contributed by atoms with Crippen LogP contribution in [0.15, 0.2) is 35.3 Å². The normalized spacial score (nSPS) is 19.7. The smallest absolute Gasteiger partial charge is 0.190 e. The number of guanidine groups is 1. The van der Waals surface area contributed by atoms with E-state index in [2.05, 4.69) is 55.8 Å². The number of ether oxygens (including phenoxy) is 1. The second-order valence-corrected chi connectivity index (χ2v) is 9.26. The maximum absolute atomic E-state index is 5.30. The van der Waals surface area contributed by atoms with E-state index in [4.69, 9.17) is 4.74 Å². The van der Waals surface area contributed by atoms with Crippen molar-refractivity contribution in [3.8, 4) is 0 Å². The molecule has 31 heavy (non-hydrogen) atoms. The Morgan fingerprint density at radius 1 is 1.03 bits per heavy atom. The molecule has 1 aromatic carbocycles. The van der Waals surface area contributed by atoms with E-state index in [9.17, 15) is 0 Å². The fourth-order valence-corrected chi connectivity index (χ4v) is 4.68. The standard InChI is InChI=1S/C25H43N5O/c1-26-24(28-22-25(11-8-12-25)13-20-31-2)27-14-6-7-15-29-16-18-30(19-17-29)21-23-9-4-3-5-10-23/h3-5,9-10H,6-8,11-22H2,1-2H3,(H2,26,27,28). The minimum absolute atomic E-state index is 0.413. The van der Waals surface area contributed by atoms with Crippen LogP contribution in [-0.2, 0) is 11.3 Å². The molecular formula is C25H43N5O. The fourth-order valence-electron chi connectivity index (χ4n) is 4.68. The van der Waals surface area contributed by atoms with Gasteiger partial charge in [-0.3, -0.25) is 9.89 Å². The molecule has 0 amide bonds. The Labute approximate surface area is 189 Å². The minimum Gasteiger partial charge on any atom is -0.385 e. The largest absolute Gasteiger partial charge is 0.385 e. The van der Waals surface area contributed by atoms with Crippen LogP contribution in [-0.4, -0.2) is 82.3 Å². The summed E-state index contributed by atoms with van der Waals surface area (Å²) in [5.74, 6) is 0.943. The third-order valence-corrected chi connectivity index (χ3v) is 7.01. The zero-order chi connectivity index (χ0) is 21.8. The van der Waals surface area contributed by atoms with Crippen molar-refractivity contribution in [2.75, 3.05) is 66.6 Å². The van der Waals surface area contributed by atoms with Gasteiger partial charge in [0.25, 0.3) is 0 Å². The summed E-state index contributed by atoms with van der Waals surface area (Å²) in [7, 11) is 3.66. The Morgan fingerprint density at radius 2 is 1.77 bits per heavy atom. The van der Waals surface area contributed by atoms with Crippen molar-refractivity contribution in [3.63, 3.8) is 0 Å². The number of nitrogens with one attached hydrogen (secondary N) is 2. The van der Waals surface area contributed by atoms with Crippen molar-refractivity contribution in [1.82, 2.24) is 20.4 Å². The van der Waals surface area contributed by atoms with E-state index in [1.165, 1.54) is 70.4 Å². The van der Waals surface area contributed by atoms with Crippen molar-refractivity contribution in [2.45, 2.75) is 45.1 Å². The minimum atomic E-state index is 0.413. The monoisotopic (exact) mass is 429 g/mol. The number of hydrogen-bond acceptors (Lipinski definition) is 4. The molecule has 0 unspecified atom stereocenters. The number of methoxy groups -OCH3 is 1. The van der Waals surface area contributed by atoms with Gasteiger partial charge < -0.3 is 20.3 Å². The van der Waals surface area contributed by atoms with E-state index in [1.807, 2.05) is 7.05 Å². The molecule has 2 fully saturated rings. The lowest BCUT2D eigenvalue weighted by molar-refractivity contribution is 0.0732. The topological polar surface area (TPSA) is 52.1 Å². The summed E-state index contributed by atoms with van der Waals surface area (Å²) in [6.07, 6.45) is 7.52. The molecule has 1 heterocycles. The first-order valence-electron chi connectivity index (χ1n) is 12.2. The predicted molar refractivity (Wildman–Crippen MR) is 130 cm³/mol. The molecule has 2 aliphatic rings. The van der Waals surface area contributed by atoms with E-state index < -0.39 is 0 Å². The second kappa shape index (κ2) is 13.0. The molecule has 0 aromatic heterocycles. The van der Waals surface area contributed by atoms with E-state index >= 15 is 0 Å². The van der Waals surface area contributed by atoms with E-state index in [0.717, 1.165) is 38.6 Å². The molecule has 1 aliphatic heterocycles. The molecule has 174 valence electrons. The SMILES string of the molecule is CN=C(NCCCCN1CCN(Cc2ccccc2)CC1)NCC1(CCOC)CCC1. The van der Waals surface area contributed by atoms with Crippen LogP contribution < -0.4 is 10.6 Å². The lowest BCUT2D eigenvalue weighted by atomic mass is 9.67. The van der Waals surface area contributed by atoms with Crippen LogP contribution in [0.3, 0.4) is 0 Å². The highest BCUT2D eigenvalue weighted by atomic mass is 16.5. The van der Waals surface area contributed by atoms with Crippen molar-refractivity contribution in [1.29, 1.82) is 0 Å². The van der Waals surface area contributed by atoms with Crippen LogP contribution in [0.1, 0.15) is 44.1 Å².